The molecule has 0 aliphatic carbocycles. The molecular weight excluding hydrogens is 949 g/mol. The predicted molar refractivity (Wildman–Crippen MR) is 335 cm³/mol. The van der Waals surface area contributed by atoms with Crippen molar-refractivity contribution >= 4 is 17.9 Å². The SMILES string of the molecule is CC/C=C\C/C=C\C/C=C\C/C=C\CCCCCCCCCCCCCCC(=O)OCC(COC(=O)CCCCCCC/C=C\CCCCCCCC)OC(=O)CCCCCCCCCCCCCCCCCCCCC. The molecule has 0 aromatic carbocycles. The molecule has 0 aliphatic rings. The summed E-state index contributed by atoms with van der Waals surface area (Å²) < 4.78 is 17.0. The third-order valence-corrected chi connectivity index (χ3v) is 15.0. The molecule has 448 valence electrons. The summed E-state index contributed by atoms with van der Waals surface area (Å²) in [5.41, 5.74) is 0. The van der Waals surface area contributed by atoms with Gasteiger partial charge in [0.05, 0.1) is 0 Å². The summed E-state index contributed by atoms with van der Waals surface area (Å²) in [6, 6.07) is 0. The van der Waals surface area contributed by atoms with Crippen molar-refractivity contribution in [2.45, 2.75) is 361 Å². The lowest BCUT2D eigenvalue weighted by molar-refractivity contribution is -0.167. The number of unbranched alkanes of at least 4 members (excludes halogenated alkanes) is 41. The first-order valence-corrected chi connectivity index (χ1v) is 33.8. The molecule has 0 saturated carbocycles. The number of hydrogen-bond acceptors (Lipinski definition) is 6. The van der Waals surface area contributed by atoms with Gasteiger partial charge >= 0.3 is 17.9 Å². The van der Waals surface area contributed by atoms with E-state index in [4.69, 9.17) is 14.2 Å². The highest BCUT2D eigenvalue weighted by atomic mass is 16.6. The minimum absolute atomic E-state index is 0.0737. The molecule has 0 heterocycles. The predicted octanol–water partition coefficient (Wildman–Crippen LogP) is 23.1. The lowest BCUT2D eigenvalue weighted by Crippen LogP contribution is -2.30. The van der Waals surface area contributed by atoms with E-state index in [1.807, 2.05) is 0 Å². The molecule has 77 heavy (non-hydrogen) atoms. The van der Waals surface area contributed by atoms with E-state index >= 15 is 0 Å². The highest BCUT2D eigenvalue weighted by Crippen LogP contribution is 2.18. The zero-order chi connectivity index (χ0) is 55.7. The van der Waals surface area contributed by atoms with Crippen LogP contribution in [0, 0.1) is 0 Å². The lowest BCUT2D eigenvalue weighted by atomic mass is 10.0. The van der Waals surface area contributed by atoms with Crippen molar-refractivity contribution in [1.29, 1.82) is 0 Å². The molecule has 6 heteroatoms. The zero-order valence-electron chi connectivity index (χ0n) is 51.5. The molecule has 0 aliphatic heterocycles. The summed E-state index contributed by atoms with van der Waals surface area (Å²) in [5.74, 6) is -0.860. The second-order valence-corrected chi connectivity index (χ2v) is 22.7. The lowest BCUT2D eigenvalue weighted by Gasteiger charge is -2.18. The maximum Gasteiger partial charge on any atom is 0.306 e. The van der Waals surface area contributed by atoms with Crippen LogP contribution in [0.5, 0.6) is 0 Å². The van der Waals surface area contributed by atoms with Crippen LogP contribution < -0.4 is 0 Å². The topological polar surface area (TPSA) is 78.9 Å². The number of carbonyl (C=O) groups excluding carboxylic acids is 3. The summed E-state index contributed by atoms with van der Waals surface area (Å²) in [6.45, 7) is 6.57. The Bertz CT molecular complexity index is 1380. The van der Waals surface area contributed by atoms with E-state index in [1.165, 1.54) is 225 Å². The van der Waals surface area contributed by atoms with Crippen LogP contribution in [0.25, 0.3) is 0 Å². The van der Waals surface area contributed by atoms with Crippen molar-refractivity contribution < 1.29 is 28.6 Å². The van der Waals surface area contributed by atoms with Crippen LogP contribution in [0.15, 0.2) is 60.8 Å². The molecule has 0 spiro atoms. The largest absolute Gasteiger partial charge is 0.462 e. The highest BCUT2D eigenvalue weighted by Gasteiger charge is 2.19. The zero-order valence-corrected chi connectivity index (χ0v) is 51.5. The minimum atomic E-state index is -0.777. The van der Waals surface area contributed by atoms with Crippen LogP contribution in [-0.4, -0.2) is 37.2 Å². The van der Waals surface area contributed by atoms with Crippen LogP contribution in [0.3, 0.4) is 0 Å². The molecule has 0 aromatic rings. The van der Waals surface area contributed by atoms with Crippen molar-refractivity contribution in [1.82, 2.24) is 0 Å². The van der Waals surface area contributed by atoms with Crippen LogP contribution in [0.2, 0.25) is 0 Å². The minimum Gasteiger partial charge on any atom is -0.462 e. The fourth-order valence-electron chi connectivity index (χ4n) is 9.96. The molecule has 0 N–H and O–H groups in total. The van der Waals surface area contributed by atoms with E-state index in [9.17, 15) is 14.4 Å². The van der Waals surface area contributed by atoms with Gasteiger partial charge in [0.15, 0.2) is 6.10 Å². The smallest absolute Gasteiger partial charge is 0.306 e. The molecule has 0 saturated heterocycles. The van der Waals surface area contributed by atoms with Crippen molar-refractivity contribution in [3.63, 3.8) is 0 Å². The number of hydrogen-bond donors (Lipinski definition) is 0. The Morgan fingerprint density at radius 3 is 0.805 bits per heavy atom. The third kappa shape index (κ3) is 63.8. The van der Waals surface area contributed by atoms with Crippen molar-refractivity contribution in [3.8, 4) is 0 Å². The first-order chi connectivity index (χ1) is 38.0. The van der Waals surface area contributed by atoms with Crippen LogP contribution in [-0.2, 0) is 28.6 Å². The molecule has 0 bridgehead atoms. The van der Waals surface area contributed by atoms with Gasteiger partial charge in [0.1, 0.15) is 13.2 Å². The van der Waals surface area contributed by atoms with Crippen molar-refractivity contribution in [2.75, 3.05) is 13.2 Å². The average molecular weight is 1080 g/mol. The Morgan fingerprint density at radius 2 is 0.506 bits per heavy atom. The van der Waals surface area contributed by atoms with E-state index in [0.717, 1.165) is 89.9 Å². The quantitative estimate of drug-likeness (QED) is 0.0261. The normalized spacial score (nSPS) is 12.4. The Morgan fingerprint density at radius 1 is 0.273 bits per heavy atom. The summed E-state index contributed by atoms with van der Waals surface area (Å²) in [7, 11) is 0. The second-order valence-electron chi connectivity index (χ2n) is 22.7. The van der Waals surface area contributed by atoms with Gasteiger partial charge in [-0.3, -0.25) is 14.4 Å². The van der Waals surface area contributed by atoms with Gasteiger partial charge < -0.3 is 14.2 Å². The molecule has 0 fully saturated rings. The van der Waals surface area contributed by atoms with Crippen LogP contribution in [0.1, 0.15) is 355 Å². The Labute approximate surface area is 479 Å². The van der Waals surface area contributed by atoms with Gasteiger partial charge in [-0.2, -0.15) is 0 Å². The second kappa shape index (κ2) is 65.6. The molecule has 0 amide bonds. The summed E-state index contributed by atoms with van der Waals surface area (Å²) >= 11 is 0. The molecule has 0 aromatic heterocycles. The molecular formula is C71H128O6. The first kappa shape index (κ1) is 74.1. The molecule has 0 radical (unpaired) electrons. The Balaban J connectivity index is 4.30. The van der Waals surface area contributed by atoms with Gasteiger partial charge in [0.25, 0.3) is 0 Å². The average Bonchev–Trinajstić information content (AvgIpc) is 3.43. The van der Waals surface area contributed by atoms with Gasteiger partial charge in [0, 0.05) is 19.3 Å². The number of carbonyl (C=O) groups is 3. The van der Waals surface area contributed by atoms with E-state index in [2.05, 4.69) is 81.5 Å². The highest BCUT2D eigenvalue weighted by molar-refractivity contribution is 5.71. The van der Waals surface area contributed by atoms with Crippen LogP contribution >= 0.6 is 0 Å². The Kier molecular flexibility index (Phi) is 63.2. The monoisotopic (exact) mass is 1080 g/mol. The maximum atomic E-state index is 12.9. The fraction of sp³-hybridized carbons (Fsp3) is 0.817. The maximum absolute atomic E-state index is 12.9. The van der Waals surface area contributed by atoms with Gasteiger partial charge in [-0.1, -0.05) is 313 Å². The molecule has 6 nitrogen and oxygen atoms in total. The van der Waals surface area contributed by atoms with Gasteiger partial charge in [-0.15, -0.1) is 0 Å². The number of rotatable bonds is 62. The summed E-state index contributed by atoms with van der Waals surface area (Å²) in [6.07, 6.45) is 83.8. The third-order valence-electron chi connectivity index (χ3n) is 15.0. The molecule has 1 unspecified atom stereocenters. The number of allylic oxidation sites excluding steroid dienone is 10. The van der Waals surface area contributed by atoms with Gasteiger partial charge in [0.2, 0.25) is 0 Å². The number of esters is 3. The first-order valence-electron chi connectivity index (χ1n) is 33.8. The van der Waals surface area contributed by atoms with Crippen molar-refractivity contribution in [2.24, 2.45) is 0 Å². The van der Waals surface area contributed by atoms with Crippen LogP contribution in [0.4, 0.5) is 0 Å². The van der Waals surface area contributed by atoms with Crippen molar-refractivity contribution in [3.05, 3.63) is 60.8 Å². The summed E-state index contributed by atoms with van der Waals surface area (Å²) in [4.78, 5) is 38.4. The van der Waals surface area contributed by atoms with E-state index in [-0.39, 0.29) is 31.1 Å². The fourth-order valence-corrected chi connectivity index (χ4v) is 9.96. The Hall–Kier alpha value is -2.89. The summed E-state index contributed by atoms with van der Waals surface area (Å²) in [5, 5.41) is 0. The van der Waals surface area contributed by atoms with E-state index in [1.54, 1.807) is 0 Å². The van der Waals surface area contributed by atoms with E-state index in [0.29, 0.717) is 19.3 Å². The van der Waals surface area contributed by atoms with E-state index < -0.39 is 6.10 Å². The molecule has 1 atom stereocenters. The molecule has 0 rings (SSSR count). The number of ether oxygens (including phenoxy) is 3. The van der Waals surface area contributed by atoms with Gasteiger partial charge in [-0.25, -0.2) is 0 Å². The standard InChI is InChI=1S/C71H128O6/c1-4-7-10-13-16-19-22-25-28-30-32-33-34-35-36-37-39-40-43-46-49-52-55-58-61-64-70(73)76-67-68(66-75-69(72)63-60-57-54-51-48-45-42-27-24-21-18-15-12-9-6-3)77-71(74)65-62-59-56-53-50-47-44-41-38-31-29-26-23-20-17-14-11-8-5-2/h7,10,16,19,25,27-28,32-33,42,68H,4-6,8-9,11-15,17-18,20-24,26,29-31,34-41,43-67H2,1-3H3/b10-7-,19-16-,28-25-,33-32-,42-27-. The van der Waals surface area contributed by atoms with Gasteiger partial charge in [-0.05, 0) is 83.5 Å².